The number of para-hydroxylation sites is 1. The molecule has 35 heavy (non-hydrogen) atoms. The van der Waals surface area contributed by atoms with Crippen LogP contribution in [-0.4, -0.2) is 58.3 Å². The van der Waals surface area contributed by atoms with Crippen LogP contribution in [-0.2, 0) is 16.7 Å². The predicted molar refractivity (Wildman–Crippen MR) is 148 cm³/mol. The van der Waals surface area contributed by atoms with E-state index in [-0.39, 0.29) is 17.7 Å². The Morgan fingerprint density at radius 3 is 2.71 bits per heavy atom. The maximum atomic E-state index is 13.1. The number of rotatable bonds is 8. The third-order valence-corrected chi connectivity index (χ3v) is 8.91. The van der Waals surface area contributed by atoms with Gasteiger partial charge in [0, 0.05) is 24.5 Å². The summed E-state index contributed by atoms with van der Waals surface area (Å²) >= 11 is 3.31. The van der Waals surface area contributed by atoms with Gasteiger partial charge in [0.2, 0.25) is 5.04 Å². The molecule has 2 aliphatic rings. The molecule has 0 atom stereocenters. The first-order valence-electron chi connectivity index (χ1n) is 11.7. The van der Waals surface area contributed by atoms with E-state index in [1.165, 1.54) is 16.4 Å². The first-order valence-corrected chi connectivity index (χ1v) is 15.1. The lowest BCUT2D eigenvalue weighted by molar-refractivity contribution is -0.512. The maximum absolute atomic E-state index is 13.1. The van der Waals surface area contributed by atoms with E-state index in [2.05, 4.69) is 17.6 Å². The largest absolute Gasteiger partial charge is 0.341 e. The van der Waals surface area contributed by atoms with E-state index in [0.29, 0.717) is 17.6 Å². The molecule has 1 N–H and O–H groups in total. The Morgan fingerprint density at radius 1 is 1.17 bits per heavy atom. The number of hydrogen-bond acceptors (Lipinski definition) is 6. The molecule has 2 aromatic rings. The van der Waals surface area contributed by atoms with Crippen molar-refractivity contribution >= 4 is 62.2 Å². The molecule has 10 heteroatoms. The van der Waals surface area contributed by atoms with Gasteiger partial charge in [0.25, 0.3) is 15.7 Å². The average Bonchev–Trinajstić information content (AvgIpc) is 3.40. The Balaban J connectivity index is 1.73. The number of nitrogens with zero attached hydrogens (tertiary/aromatic N) is 3. The van der Waals surface area contributed by atoms with E-state index in [1.807, 2.05) is 76.7 Å². The highest BCUT2D eigenvalue weighted by Gasteiger charge is 2.20. The second-order valence-corrected chi connectivity index (χ2v) is 12.0. The molecular formula is C25H30N3O4S3+. The van der Waals surface area contributed by atoms with E-state index < -0.39 is 10.1 Å². The van der Waals surface area contributed by atoms with Gasteiger partial charge >= 0.3 is 0 Å². The van der Waals surface area contributed by atoms with Gasteiger partial charge in [0.05, 0.1) is 22.1 Å². The molecule has 0 saturated carbocycles. The van der Waals surface area contributed by atoms with E-state index in [9.17, 15) is 13.2 Å². The molecule has 0 unspecified atom stereocenters. The van der Waals surface area contributed by atoms with Crippen LogP contribution in [0, 0.1) is 0 Å². The van der Waals surface area contributed by atoms with Crippen LogP contribution in [0.25, 0.3) is 18.2 Å². The smallest absolute Gasteiger partial charge is 0.269 e. The van der Waals surface area contributed by atoms with E-state index >= 15 is 0 Å². The number of benzene rings is 1. The van der Waals surface area contributed by atoms with Crippen molar-refractivity contribution in [1.82, 2.24) is 4.57 Å². The summed E-state index contributed by atoms with van der Waals surface area (Å²) in [4.78, 5) is 15.1. The van der Waals surface area contributed by atoms with Gasteiger partial charge < -0.3 is 4.90 Å². The maximum Gasteiger partial charge on any atom is 0.269 e. The lowest BCUT2D eigenvalue weighted by atomic mass is 10.1. The quantitative estimate of drug-likeness (QED) is 0.415. The summed E-state index contributed by atoms with van der Waals surface area (Å²) in [6, 6.07) is 7.88. The summed E-state index contributed by atoms with van der Waals surface area (Å²) in [5, 5.41) is 1.21. The monoisotopic (exact) mass is 532 g/mol. The van der Waals surface area contributed by atoms with Crippen molar-refractivity contribution in [1.29, 1.82) is 0 Å². The Hall–Kier alpha value is -2.40. The van der Waals surface area contributed by atoms with E-state index in [0.717, 1.165) is 40.5 Å². The fourth-order valence-corrected chi connectivity index (χ4v) is 6.95. The highest BCUT2D eigenvalue weighted by molar-refractivity contribution is 8.14. The first kappa shape index (κ1) is 25.7. The first-order chi connectivity index (χ1) is 16.8. The third-order valence-electron chi connectivity index (χ3n) is 5.97. The van der Waals surface area contributed by atoms with Gasteiger partial charge in [-0.1, -0.05) is 36.0 Å². The molecule has 2 aliphatic heterocycles. The van der Waals surface area contributed by atoms with Gasteiger partial charge in [0.1, 0.15) is 11.2 Å². The standard InChI is InChI=1S/C25H29N3O4S3/c1-3-26-15-16-33-23(26)18-24-27(4-2)25(29)22(34-24)13-12-20-11-10-19-8-5-6-9-21(19)28(20)14-7-17-35(30,31)32/h5-6,8-13,18H,3-4,7,14-17H2,1-2H3/p+1. The Morgan fingerprint density at radius 2 is 1.97 bits per heavy atom. The fraction of sp³-hybridized carbons (Fsp3) is 0.360. The predicted octanol–water partition coefficient (Wildman–Crippen LogP) is 2.36. The molecule has 0 fully saturated rings. The zero-order valence-electron chi connectivity index (χ0n) is 19.9. The number of thiazole rings is 1. The van der Waals surface area contributed by atoms with Gasteiger partial charge in [-0.15, -0.1) is 11.3 Å². The van der Waals surface area contributed by atoms with Crippen molar-refractivity contribution in [2.24, 2.45) is 0 Å². The van der Waals surface area contributed by atoms with Crippen LogP contribution in [0.2, 0.25) is 0 Å². The highest BCUT2D eigenvalue weighted by Crippen LogP contribution is 2.30. The summed E-state index contributed by atoms with van der Waals surface area (Å²) in [7, 11) is -4.03. The number of hydrogen-bond donors (Lipinski definition) is 1. The number of anilines is 1. The number of aromatic nitrogens is 1. The number of thioether (sulfide) groups is 1. The zero-order chi connectivity index (χ0) is 25.0. The summed E-state index contributed by atoms with van der Waals surface area (Å²) < 4.78 is 37.4. The van der Waals surface area contributed by atoms with Crippen molar-refractivity contribution in [3.63, 3.8) is 0 Å². The summed E-state index contributed by atoms with van der Waals surface area (Å²) in [6.45, 7) is 7.13. The summed E-state index contributed by atoms with van der Waals surface area (Å²) in [5.74, 6) is 0.761. The van der Waals surface area contributed by atoms with Crippen LogP contribution >= 0.6 is 23.1 Å². The Bertz CT molecular complexity index is 1480. The minimum Gasteiger partial charge on any atom is -0.341 e. The summed E-state index contributed by atoms with van der Waals surface area (Å²) in [6.07, 6.45) is 10.1. The lowest BCUT2D eigenvalue weighted by Crippen LogP contribution is -2.31. The molecule has 0 bridgehead atoms. The van der Waals surface area contributed by atoms with Crippen LogP contribution in [0.5, 0.6) is 0 Å². The molecule has 3 heterocycles. The molecule has 7 nitrogen and oxygen atoms in total. The molecule has 1 aromatic carbocycles. The van der Waals surface area contributed by atoms with Crippen LogP contribution in [0.15, 0.2) is 46.9 Å². The van der Waals surface area contributed by atoms with Gasteiger partial charge in [-0.2, -0.15) is 8.42 Å². The minimum absolute atomic E-state index is 0.00893. The molecule has 0 spiro atoms. The number of fused-ring (bicyclic) bond motifs is 1. The van der Waals surface area contributed by atoms with Gasteiger partial charge in [-0.3, -0.25) is 13.9 Å². The molecule has 0 amide bonds. The van der Waals surface area contributed by atoms with Gasteiger partial charge in [-0.05, 0) is 50.1 Å². The van der Waals surface area contributed by atoms with Crippen molar-refractivity contribution in [2.75, 3.05) is 36.0 Å². The van der Waals surface area contributed by atoms with Crippen molar-refractivity contribution in [3.05, 3.63) is 67.2 Å². The van der Waals surface area contributed by atoms with E-state index in [1.54, 1.807) is 0 Å². The molecule has 4 rings (SSSR count). The minimum atomic E-state index is -4.03. The fourth-order valence-electron chi connectivity index (χ4n) is 4.21. The molecule has 186 valence electrons. The molecule has 1 aromatic heterocycles. The van der Waals surface area contributed by atoms with Crippen LogP contribution < -0.4 is 19.7 Å². The second kappa shape index (κ2) is 11.1. The van der Waals surface area contributed by atoms with Crippen LogP contribution in [0.1, 0.15) is 25.8 Å². The van der Waals surface area contributed by atoms with Crippen molar-refractivity contribution < 1.29 is 17.5 Å². The van der Waals surface area contributed by atoms with E-state index in [4.69, 9.17) is 4.55 Å². The van der Waals surface area contributed by atoms with Gasteiger partial charge in [-0.25, -0.2) is 4.58 Å². The average molecular weight is 533 g/mol. The Kier molecular flexibility index (Phi) is 8.16. The van der Waals surface area contributed by atoms with Crippen LogP contribution in [0.3, 0.4) is 0 Å². The zero-order valence-corrected chi connectivity index (χ0v) is 22.3. The normalized spacial score (nSPS) is 18.3. The Labute approximate surface area is 213 Å². The number of allylic oxidation sites excluding steroid dienone is 2. The second-order valence-electron chi connectivity index (χ2n) is 8.21. The van der Waals surface area contributed by atoms with Crippen LogP contribution in [0.4, 0.5) is 5.69 Å². The van der Waals surface area contributed by atoms with Gasteiger partial charge in [0.15, 0.2) is 6.54 Å². The molecule has 0 saturated heterocycles. The highest BCUT2D eigenvalue weighted by atomic mass is 32.2. The molecule has 0 radical (unpaired) electrons. The molecule has 0 aliphatic carbocycles. The topological polar surface area (TPSA) is 82.6 Å². The summed E-state index contributed by atoms with van der Waals surface area (Å²) in [5.41, 5.74) is 2.85. The van der Waals surface area contributed by atoms with Crippen molar-refractivity contribution in [3.8, 4) is 0 Å². The lowest BCUT2D eigenvalue weighted by Gasteiger charge is -2.30. The molecular weight excluding hydrogens is 502 g/mol. The van der Waals surface area contributed by atoms with Crippen molar-refractivity contribution in [2.45, 2.75) is 26.8 Å². The SMILES string of the molecule is CCn1c(=CC2=[N+](CC)CCS2)sc(=CC=C2C=Cc3ccccc3N2CCCS(=O)(=O)O)c1=O. The third kappa shape index (κ3) is 6.06.